The Labute approximate surface area is 114 Å². The molecule has 0 spiro atoms. The fraction of sp³-hybridized carbons (Fsp3) is 0.455. The molecule has 0 saturated heterocycles. The Morgan fingerprint density at radius 1 is 1.47 bits per heavy atom. The Hall–Kier alpha value is 0.350. The molecule has 0 aromatic heterocycles. The smallest absolute Gasteiger partial charge is 0.0242 e. The van der Waals surface area contributed by atoms with Gasteiger partial charge in [0.1, 0.15) is 0 Å². The average molecular weight is 383 g/mol. The third kappa shape index (κ3) is 4.80. The minimum absolute atomic E-state index is 0.985. The molecule has 0 fully saturated rings. The van der Waals surface area contributed by atoms with Crippen LogP contribution in [-0.2, 0) is 6.54 Å². The lowest BCUT2D eigenvalue weighted by molar-refractivity contribution is 0.327. The van der Waals surface area contributed by atoms with Gasteiger partial charge in [0.25, 0.3) is 0 Å². The lowest BCUT2D eigenvalue weighted by Crippen LogP contribution is -2.27. The molecule has 1 rings (SSSR count). The number of nitrogens with one attached hydrogen (secondary N) is 1. The number of halogens is 2. The summed E-state index contributed by atoms with van der Waals surface area (Å²) in [6.45, 7) is 3.07. The molecule has 0 radical (unpaired) electrons. The fourth-order valence-electron chi connectivity index (χ4n) is 1.34. The molecule has 0 aliphatic carbocycles. The Balaban J connectivity index is 2.59. The zero-order valence-electron chi connectivity index (χ0n) is 9.06. The van der Waals surface area contributed by atoms with Crippen LogP contribution in [0.1, 0.15) is 5.56 Å². The Morgan fingerprint density at radius 2 is 2.20 bits per heavy atom. The summed E-state index contributed by atoms with van der Waals surface area (Å²) in [6, 6.07) is 6.45. The van der Waals surface area contributed by atoms with Gasteiger partial charge in [0.2, 0.25) is 0 Å². The van der Waals surface area contributed by atoms with Crippen molar-refractivity contribution in [1.82, 2.24) is 10.2 Å². The predicted octanol–water partition coefficient (Wildman–Crippen LogP) is 2.70. The highest BCUT2D eigenvalue weighted by molar-refractivity contribution is 14.1. The van der Waals surface area contributed by atoms with Crippen LogP contribution in [0.3, 0.4) is 0 Å². The third-order valence-corrected chi connectivity index (χ3v) is 3.64. The van der Waals surface area contributed by atoms with Gasteiger partial charge in [-0.1, -0.05) is 15.9 Å². The van der Waals surface area contributed by atoms with Gasteiger partial charge in [0.15, 0.2) is 0 Å². The molecule has 0 amide bonds. The van der Waals surface area contributed by atoms with Crippen LogP contribution in [0.25, 0.3) is 0 Å². The summed E-state index contributed by atoms with van der Waals surface area (Å²) in [4.78, 5) is 2.31. The molecule has 1 aromatic carbocycles. The first-order chi connectivity index (χ1) is 7.13. The van der Waals surface area contributed by atoms with Crippen LogP contribution in [0.15, 0.2) is 22.7 Å². The number of hydrogen-bond donors (Lipinski definition) is 1. The number of benzene rings is 1. The molecule has 0 aliphatic heterocycles. The van der Waals surface area contributed by atoms with E-state index in [-0.39, 0.29) is 0 Å². The van der Waals surface area contributed by atoms with Crippen molar-refractivity contribution in [2.24, 2.45) is 0 Å². The molecule has 0 heterocycles. The topological polar surface area (TPSA) is 15.3 Å². The van der Waals surface area contributed by atoms with Crippen LogP contribution in [0, 0.1) is 3.57 Å². The zero-order chi connectivity index (χ0) is 11.3. The van der Waals surface area contributed by atoms with Crippen molar-refractivity contribution in [2.45, 2.75) is 6.54 Å². The average Bonchev–Trinajstić information content (AvgIpc) is 2.20. The van der Waals surface area contributed by atoms with E-state index in [4.69, 9.17) is 0 Å². The molecular weight excluding hydrogens is 367 g/mol. The zero-order valence-corrected chi connectivity index (χ0v) is 12.8. The van der Waals surface area contributed by atoms with Crippen molar-refractivity contribution in [3.8, 4) is 0 Å². The second kappa shape index (κ2) is 6.83. The van der Waals surface area contributed by atoms with Gasteiger partial charge in [-0.2, -0.15) is 0 Å². The first-order valence-corrected chi connectivity index (χ1v) is 6.77. The van der Waals surface area contributed by atoms with E-state index >= 15 is 0 Å². The van der Waals surface area contributed by atoms with E-state index in [2.05, 4.69) is 74.0 Å². The van der Waals surface area contributed by atoms with E-state index in [1.807, 2.05) is 7.05 Å². The van der Waals surface area contributed by atoms with Crippen molar-refractivity contribution < 1.29 is 0 Å². The molecular formula is C11H16BrIN2. The Morgan fingerprint density at radius 3 is 2.87 bits per heavy atom. The summed E-state index contributed by atoms with van der Waals surface area (Å²) in [7, 11) is 4.12. The summed E-state index contributed by atoms with van der Waals surface area (Å²) in [5.74, 6) is 0. The highest BCUT2D eigenvalue weighted by Crippen LogP contribution is 2.20. The quantitative estimate of drug-likeness (QED) is 0.787. The normalized spacial score (nSPS) is 11.0. The molecule has 2 nitrogen and oxygen atoms in total. The van der Waals surface area contributed by atoms with Crippen LogP contribution >= 0.6 is 38.5 Å². The van der Waals surface area contributed by atoms with Crippen molar-refractivity contribution in [2.75, 3.05) is 27.2 Å². The monoisotopic (exact) mass is 382 g/mol. The molecule has 0 unspecified atom stereocenters. The van der Waals surface area contributed by atoms with Gasteiger partial charge in [-0.3, -0.25) is 0 Å². The van der Waals surface area contributed by atoms with E-state index in [1.54, 1.807) is 0 Å². The lowest BCUT2D eigenvalue weighted by Gasteiger charge is -2.17. The van der Waals surface area contributed by atoms with Crippen molar-refractivity contribution in [1.29, 1.82) is 0 Å². The van der Waals surface area contributed by atoms with Gasteiger partial charge < -0.3 is 10.2 Å². The van der Waals surface area contributed by atoms with Gasteiger partial charge in [0.05, 0.1) is 0 Å². The fourth-order valence-corrected chi connectivity index (χ4v) is 2.26. The van der Waals surface area contributed by atoms with Crippen molar-refractivity contribution >= 4 is 38.5 Å². The maximum atomic E-state index is 3.58. The van der Waals surface area contributed by atoms with Crippen LogP contribution in [0.5, 0.6) is 0 Å². The summed E-state index contributed by atoms with van der Waals surface area (Å²) in [5.41, 5.74) is 1.35. The molecule has 1 aromatic rings. The third-order valence-electron chi connectivity index (χ3n) is 2.19. The molecule has 1 N–H and O–H groups in total. The van der Waals surface area contributed by atoms with Gasteiger partial charge in [0, 0.05) is 27.7 Å². The van der Waals surface area contributed by atoms with Crippen LogP contribution in [0.2, 0.25) is 0 Å². The molecule has 0 saturated carbocycles. The number of rotatable bonds is 5. The molecule has 0 bridgehead atoms. The number of likely N-dealkylation sites (N-methyl/N-ethyl adjacent to an activating group) is 2. The highest BCUT2D eigenvalue weighted by atomic mass is 127. The molecule has 84 valence electrons. The summed E-state index contributed by atoms with van der Waals surface area (Å²) in [6.07, 6.45) is 0. The standard InChI is InChI=1S/C11H16BrIN2/c1-14-5-6-15(2)8-9-7-10(13)3-4-11(9)12/h3-4,7,14H,5-6,8H2,1-2H3. The SMILES string of the molecule is CNCCN(C)Cc1cc(I)ccc1Br. The van der Waals surface area contributed by atoms with E-state index in [0.29, 0.717) is 0 Å². The highest BCUT2D eigenvalue weighted by Gasteiger charge is 2.04. The van der Waals surface area contributed by atoms with Gasteiger partial charge in [-0.05, 0) is 60.4 Å². The first kappa shape index (κ1) is 13.4. The van der Waals surface area contributed by atoms with Crippen molar-refractivity contribution in [3.05, 3.63) is 31.8 Å². The van der Waals surface area contributed by atoms with Crippen LogP contribution < -0.4 is 5.32 Å². The maximum absolute atomic E-state index is 3.58. The minimum Gasteiger partial charge on any atom is -0.318 e. The Bertz CT molecular complexity index is 317. The minimum atomic E-state index is 0.985. The van der Waals surface area contributed by atoms with Gasteiger partial charge >= 0.3 is 0 Å². The van der Waals surface area contributed by atoms with Gasteiger partial charge in [-0.15, -0.1) is 0 Å². The first-order valence-electron chi connectivity index (χ1n) is 4.90. The predicted molar refractivity (Wildman–Crippen MR) is 77.1 cm³/mol. The van der Waals surface area contributed by atoms with Gasteiger partial charge in [-0.25, -0.2) is 0 Å². The lowest BCUT2D eigenvalue weighted by atomic mass is 10.2. The molecule has 4 heteroatoms. The summed E-state index contributed by atoms with van der Waals surface area (Å²) >= 11 is 5.93. The Kier molecular flexibility index (Phi) is 6.11. The maximum Gasteiger partial charge on any atom is 0.0242 e. The second-order valence-corrected chi connectivity index (χ2v) is 5.68. The second-order valence-electron chi connectivity index (χ2n) is 3.58. The van der Waals surface area contributed by atoms with E-state index in [1.165, 1.54) is 13.6 Å². The summed E-state index contributed by atoms with van der Waals surface area (Å²) in [5, 5.41) is 3.16. The van der Waals surface area contributed by atoms with Crippen LogP contribution in [0.4, 0.5) is 0 Å². The largest absolute Gasteiger partial charge is 0.318 e. The molecule has 0 atom stereocenters. The van der Waals surface area contributed by atoms with E-state index in [0.717, 1.165) is 19.6 Å². The molecule has 15 heavy (non-hydrogen) atoms. The number of nitrogens with zero attached hydrogens (tertiary/aromatic N) is 1. The molecule has 0 aliphatic rings. The van der Waals surface area contributed by atoms with E-state index < -0.39 is 0 Å². The van der Waals surface area contributed by atoms with Crippen molar-refractivity contribution in [3.63, 3.8) is 0 Å². The van der Waals surface area contributed by atoms with Crippen LogP contribution in [-0.4, -0.2) is 32.1 Å². The van der Waals surface area contributed by atoms with E-state index in [9.17, 15) is 0 Å². The number of hydrogen-bond acceptors (Lipinski definition) is 2. The summed E-state index contributed by atoms with van der Waals surface area (Å²) < 4.78 is 2.48.